The molecule has 1 unspecified atom stereocenters. The smallest absolute Gasteiger partial charge is 0.159 e. The molecule has 0 aromatic heterocycles. The number of carbonyl (C=O) groups excluding carboxylic acids is 1. The molecule has 0 radical (unpaired) electrons. The summed E-state index contributed by atoms with van der Waals surface area (Å²) in [5, 5.41) is 0. The van der Waals surface area contributed by atoms with Crippen molar-refractivity contribution in [2.45, 2.75) is 201 Å². The fraction of sp³-hybridized carbons (Fsp3) is 0.825. The number of carbonyl (C=O) groups is 1. The molecule has 3 nitrogen and oxygen atoms in total. The Morgan fingerprint density at radius 1 is 0.596 bits per heavy atom. The normalized spacial score (nSPS) is 12.2. The van der Waals surface area contributed by atoms with E-state index in [1.165, 1.54) is 178 Å². The van der Waals surface area contributed by atoms with Crippen LogP contribution in [0, 0.1) is 0 Å². The second kappa shape index (κ2) is 39.2. The number of rotatable bonds is 33. The van der Waals surface area contributed by atoms with E-state index >= 15 is 0 Å². The van der Waals surface area contributed by atoms with Gasteiger partial charge in [-0.3, -0.25) is 4.79 Å². The molecule has 1 atom stereocenters. The van der Waals surface area contributed by atoms with Crippen LogP contribution in [0.5, 0.6) is 0 Å². The van der Waals surface area contributed by atoms with E-state index < -0.39 is 5.69 Å². The summed E-state index contributed by atoms with van der Waals surface area (Å²) in [6.07, 6.45) is 38.0. The molecule has 7 heteroatoms. The summed E-state index contributed by atoms with van der Waals surface area (Å²) in [5.41, 5.74) is -2.09. The monoisotopic (exact) mass is 761 g/mol. The van der Waals surface area contributed by atoms with Gasteiger partial charge in [0.1, 0.15) is 0 Å². The Hall–Kier alpha value is 0.433. The molecule has 1 aromatic carbocycles. The minimum atomic E-state index is -2.87. The molecule has 0 saturated carbocycles. The second-order valence-electron chi connectivity index (χ2n) is 13.2. The zero-order chi connectivity index (χ0) is 33.8. The average Bonchev–Trinajstić information content (AvgIpc) is 3.05. The summed E-state index contributed by atoms with van der Waals surface area (Å²) in [6.45, 7) is 6.71. The van der Waals surface area contributed by atoms with Gasteiger partial charge >= 0.3 is 0 Å². The average molecular weight is 764 g/mol. The third-order valence-electron chi connectivity index (χ3n) is 8.67. The molecule has 0 N–H and O–H groups in total. The molecule has 0 saturated heterocycles. The summed E-state index contributed by atoms with van der Waals surface area (Å²) in [5.74, 6) is 1.01. The maximum Gasteiger partial charge on any atom is 0.159 e. The van der Waals surface area contributed by atoms with Crippen molar-refractivity contribution < 1.29 is 33.7 Å². The quantitative estimate of drug-likeness (QED) is 0.0309. The first-order chi connectivity index (χ1) is 22.4. The number of hydrogen-bond donors (Lipinski definition) is 0. The minimum Gasteiger partial charge on any atom is -0.793 e. The van der Waals surface area contributed by atoms with E-state index in [1.807, 2.05) is 30.3 Å². The van der Waals surface area contributed by atoms with E-state index in [0.717, 1.165) is 24.2 Å². The third-order valence-corrected chi connectivity index (χ3v) is 13.0. The largest absolute Gasteiger partial charge is 0.793 e. The first-order valence-corrected chi connectivity index (χ1v) is 23.8. The number of hydrogen-bond acceptors (Lipinski definition) is 5. The predicted molar refractivity (Wildman–Crippen MR) is 210 cm³/mol. The number of ketones is 1. The van der Waals surface area contributed by atoms with Crippen molar-refractivity contribution in [2.75, 3.05) is 12.4 Å². The van der Waals surface area contributed by atoms with Crippen molar-refractivity contribution in [2.24, 2.45) is 0 Å². The predicted octanol–water partition coefficient (Wildman–Crippen LogP) is 14.2. The molecular weight excluding hydrogens is 689 g/mol. The molecule has 1 rings (SSSR count). The summed E-state index contributed by atoms with van der Waals surface area (Å²) in [7, 11) is 0. The van der Waals surface area contributed by atoms with E-state index in [9.17, 15) is 9.69 Å². The van der Waals surface area contributed by atoms with Crippen molar-refractivity contribution in [1.29, 1.82) is 0 Å². The van der Waals surface area contributed by atoms with E-state index in [0.29, 0.717) is 6.61 Å². The summed E-state index contributed by atoms with van der Waals surface area (Å²) in [6, 6.07) is 9.23. The van der Waals surface area contributed by atoms with E-state index in [2.05, 4.69) is 13.8 Å². The van der Waals surface area contributed by atoms with Crippen molar-refractivity contribution in [3.8, 4) is 0 Å². The summed E-state index contributed by atoms with van der Waals surface area (Å²) < 4.78 is 5.59. The van der Waals surface area contributed by atoms with E-state index in [4.69, 9.17) is 16.3 Å². The van der Waals surface area contributed by atoms with Crippen LogP contribution in [0.2, 0.25) is 0 Å². The van der Waals surface area contributed by atoms with Crippen LogP contribution < -0.4 is 4.89 Å². The standard InChI is InChI=1S/C32H67O2PS2.C8H8O.Zn/c1-3-5-7-9-11-13-15-17-19-21-23-25-27-29-31-34-35(33,36)37-32-30-28-26-24-22-20-18-16-14-12-10-8-6-4-2;1-7(9)8-5-3-2-4-6-8;/h3-32H2,1-2H3,(H,33,36);2-6H,1H3;/p-1. The zero-order valence-corrected chi connectivity index (χ0v) is 36.8. The Labute approximate surface area is 315 Å². The Morgan fingerprint density at radius 3 is 1.23 bits per heavy atom. The van der Waals surface area contributed by atoms with Gasteiger partial charge in [0.25, 0.3) is 0 Å². The third kappa shape index (κ3) is 39.1. The van der Waals surface area contributed by atoms with Gasteiger partial charge in [0, 0.05) is 30.7 Å². The Balaban J connectivity index is 0. The first-order valence-electron chi connectivity index (χ1n) is 19.6. The Morgan fingerprint density at radius 2 is 0.915 bits per heavy atom. The molecule has 0 heterocycles. The van der Waals surface area contributed by atoms with Gasteiger partial charge in [-0.1, -0.05) is 223 Å². The van der Waals surface area contributed by atoms with Crippen molar-refractivity contribution in [1.82, 2.24) is 0 Å². The van der Waals surface area contributed by atoms with Crippen LogP contribution in [0.1, 0.15) is 211 Å². The van der Waals surface area contributed by atoms with Gasteiger partial charge in [0.15, 0.2) is 5.78 Å². The van der Waals surface area contributed by atoms with E-state index in [1.54, 1.807) is 6.92 Å². The van der Waals surface area contributed by atoms with Crippen LogP contribution in [0.15, 0.2) is 30.3 Å². The Kier molecular flexibility index (Phi) is 41.3. The molecule has 0 bridgehead atoms. The number of Topliss-reactive ketones (excluding diaryl/α,β-unsaturated/α-hetero) is 1. The molecule has 0 aliphatic heterocycles. The van der Waals surface area contributed by atoms with Crippen molar-refractivity contribution >= 4 is 34.7 Å². The molecule has 1 aromatic rings. The van der Waals surface area contributed by atoms with Gasteiger partial charge in [-0.2, -0.15) is 0 Å². The topological polar surface area (TPSA) is 49.4 Å². The fourth-order valence-electron chi connectivity index (χ4n) is 5.66. The molecule has 0 aliphatic rings. The summed E-state index contributed by atoms with van der Waals surface area (Å²) >= 11 is 6.64. The van der Waals surface area contributed by atoms with Crippen LogP contribution in [-0.4, -0.2) is 18.1 Å². The minimum absolute atomic E-state index is 0. The van der Waals surface area contributed by atoms with E-state index in [-0.39, 0.29) is 25.3 Å². The van der Waals surface area contributed by atoms with Crippen LogP contribution in [-0.2, 0) is 35.8 Å². The van der Waals surface area contributed by atoms with Gasteiger partial charge < -0.3 is 9.42 Å². The van der Waals surface area contributed by atoms with Crippen molar-refractivity contribution in [3.05, 3.63) is 35.9 Å². The maximum absolute atomic E-state index is 12.4. The number of unbranched alkanes of at least 4 members (excludes halogenated alkanes) is 26. The van der Waals surface area contributed by atoms with Gasteiger partial charge in [0.2, 0.25) is 0 Å². The first kappa shape index (κ1) is 49.5. The van der Waals surface area contributed by atoms with Crippen LogP contribution in [0.25, 0.3) is 0 Å². The zero-order valence-electron chi connectivity index (χ0n) is 31.3. The van der Waals surface area contributed by atoms with Crippen LogP contribution in [0.3, 0.4) is 0 Å². The van der Waals surface area contributed by atoms with Crippen molar-refractivity contribution in [3.63, 3.8) is 0 Å². The molecule has 47 heavy (non-hydrogen) atoms. The van der Waals surface area contributed by atoms with Gasteiger partial charge in [-0.15, -0.1) is 11.4 Å². The number of benzene rings is 1. The molecule has 272 valence electrons. The second-order valence-corrected chi connectivity index (χ2v) is 19.4. The molecule has 0 spiro atoms. The van der Waals surface area contributed by atoms with Crippen LogP contribution >= 0.6 is 17.1 Å². The maximum atomic E-state index is 12.4. The fourth-order valence-corrected chi connectivity index (χ4v) is 9.04. The van der Waals surface area contributed by atoms with Gasteiger partial charge in [-0.05, 0) is 25.5 Å². The SMILES string of the molecule is CC(=O)c1ccccc1.CCCCCCCCCCCCCCCCOP([O-])(=S)SCCCCCCCCCCCCCCCC.[Zn]. The van der Waals surface area contributed by atoms with Crippen LogP contribution in [0.4, 0.5) is 0 Å². The molecule has 0 fully saturated rings. The molecule has 0 aliphatic carbocycles. The molecular formula is C40H74O3PS2Zn-. The molecule has 0 amide bonds. The van der Waals surface area contributed by atoms with Gasteiger partial charge in [0.05, 0.1) is 6.61 Å². The van der Waals surface area contributed by atoms with Gasteiger partial charge in [-0.25, -0.2) is 0 Å². The Bertz CT molecular complexity index is 774. The summed E-state index contributed by atoms with van der Waals surface area (Å²) in [4.78, 5) is 23.1.